The third-order valence-corrected chi connectivity index (χ3v) is 14.5. The van der Waals surface area contributed by atoms with Crippen LogP contribution in [0, 0.1) is 0 Å². The van der Waals surface area contributed by atoms with Crippen molar-refractivity contribution in [1.82, 2.24) is 0 Å². The molecular formula is C42H72O36. The Balaban J connectivity index is 1.22. The monoisotopic (exact) mass is 1150 g/mol. The SMILES string of the molecule is OC[C@H]1O[C@H](O[C@H]2[C@@H](O[C@@H]3[C@@H](O)[C@H](O)O[C@H](CO)[C@H]3O)O[C@H](CO)[C@@H](O)[C@@H]2O[C@@H]2O[C@H](CO)[C@@H](O)[C@H](O)[C@H]2O)[C@H](O)[C@@H](O[C@@H]2O[C@H](CO)[C@H](O[C@H]3O[C@H](CO)[C@@H](O)[C@H](O)[C@H]3O)[C@H](O[C@@H]3O[C@H](CO)[C@@H](O)[C@H](O)[C@H]3O)[C@H]2O)[C@H]1O. The molecule has 7 fully saturated rings. The van der Waals surface area contributed by atoms with Crippen LogP contribution < -0.4 is 0 Å². The average molecular weight is 1150 g/mol. The Morgan fingerprint density at radius 3 is 0.833 bits per heavy atom. The van der Waals surface area contributed by atoms with Crippen molar-refractivity contribution >= 4 is 0 Å². The lowest BCUT2D eigenvalue weighted by atomic mass is 9.94. The zero-order chi connectivity index (χ0) is 57.3. The van der Waals surface area contributed by atoms with Gasteiger partial charge >= 0.3 is 0 Å². The van der Waals surface area contributed by atoms with Crippen LogP contribution in [0.2, 0.25) is 0 Å². The zero-order valence-electron chi connectivity index (χ0n) is 40.8. The quantitative estimate of drug-likeness (QED) is 0.0571. The van der Waals surface area contributed by atoms with Crippen molar-refractivity contribution in [3.63, 3.8) is 0 Å². The molecule has 0 aromatic heterocycles. The molecule has 7 rings (SSSR count). The van der Waals surface area contributed by atoms with E-state index in [2.05, 4.69) is 0 Å². The van der Waals surface area contributed by atoms with E-state index in [-0.39, 0.29) is 0 Å². The maximum absolute atomic E-state index is 12.1. The largest absolute Gasteiger partial charge is 0.394 e. The average Bonchev–Trinajstić information content (AvgIpc) is 3.43. The van der Waals surface area contributed by atoms with E-state index in [4.69, 9.17) is 61.6 Å². The fraction of sp³-hybridized carbons (Fsp3) is 1.00. The summed E-state index contributed by atoms with van der Waals surface area (Å²) >= 11 is 0. The minimum atomic E-state index is -2.46. The molecule has 7 heterocycles. The van der Waals surface area contributed by atoms with Crippen molar-refractivity contribution in [2.45, 2.75) is 215 Å². The van der Waals surface area contributed by atoms with Crippen molar-refractivity contribution in [3.8, 4) is 0 Å². The van der Waals surface area contributed by atoms with Gasteiger partial charge in [0.2, 0.25) is 0 Å². The first-order valence-corrected chi connectivity index (χ1v) is 24.7. The van der Waals surface area contributed by atoms with Gasteiger partial charge in [-0.2, -0.15) is 0 Å². The third-order valence-electron chi connectivity index (χ3n) is 14.5. The molecule has 0 radical (unpaired) electrons. The Kier molecular flexibility index (Phi) is 22.6. The molecule has 0 spiro atoms. The van der Waals surface area contributed by atoms with E-state index in [1.165, 1.54) is 0 Å². The smallest absolute Gasteiger partial charge is 0.187 e. The molecule has 0 saturated carbocycles. The Hall–Kier alpha value is -1.44. The molecule has 78 heavy (non-hydrogen) atoms. The van der Waals surface area contributed by atoms with Gasteiger partial charge in [0.1, 0.15) is 171 Å². The van der Waals surface area contributed by atoms with Crippen molar-refractivity contribution in [2.24, 2.45) is 0 Å². The highest BCUT2D eigenvalue weighted by molar-refractivity contribution is 5.01. The first-order chi connectivity index (χ1) is 37.0. The lowest BCUT2D eigenvalue weighted by Gasteiger charge is -2.51. The summed E-state index contributed by atoms with van der Waals surface area (Å²) in [6, 6.07) is 0. The highest BCUT2D eigenvalue weighted by Gasteiger charge is 2.60. The Morgan fingerprint density at radius 2 is 0.436 bits per heavy atom. The maximum Gasteiger partial charge on any atom is 0.187 e. The second-order valence-electron chi connectivity index (χ2n) is 19.6. The van der Waals surface area contributed by atoms with Crippen LogP contribution in [0.3, 0.4) is 0 Å². The highest BCUT2D eigenvalue weighted by Crippen LogP contribution is 2.39. The number of aliphatic hydroxyl groups excluding tert-OH is 23. The lowest BCUT2D eigenvalue weighted by Crippen LogP contribution is -2.70. The fourth-order valence-electron chi connectivity index (χ4n) is 9.95. The molecule has 456 valence electrons. The standard InChI is InChI=1S/C42H72O36/c43-1-8-15(50)21(56)24(59)37(67-8)73-30-14(7-49)72-41(29(64)34(30)77-39-26(61)23(58)17(52)10(3-45)69-39)74-32-19(54)12(5-47)70-40(28(32)63)78-35-33(76-38-25(60)22(57)16(51)9(2-44)68-38)20(55)13(6-48)71-42(35)75-31-18(53)11(4-46)66-36(65)27(31)62/h8-65H,1-7H2/t8-,9-,10-,11-,12-,13-,14-,15-,16-,17-,18-,19+,20-,21+,22+,23+,24-,25-,26-,27-,28-,29-,30+,31+,32+,33+,34-,35-,36-,37-,38+,39+,40-,41+,42-/m1/s1. The number of hydrogen-bond acceptors (Lipinski definition) is 36. The first kappa shape index (κ1) is 64.1. The van der Waals surface area contributed by atoms with Crippen LogP contribution in [-0.4, -0.2) is 379 Å². The minimum absolute atomic E-state index is 0.956. The van der Waals surface area contributed by atoms with Gasteiger partial charge in [-0.15, -0.1) is 0 Å². The van der Waals surface area contributed by atoms with Crippen LogP contribution in [0.4, 0.5) is 0 Å². The molecule has 7 aliphatic heterocycles. The maximum atomic E-state index is 12.1. The van der Waals surface area contributed by atoms with Gasteiger partial charge in [0.05, 0.1) is 46.2 Å². The molecule has 36 nitrogen and oxygen atoms in total. The van der Waals surface area contributed by atoms with E-state index in [9.17, 15) is 117 Å². The number of rotatable bonds is 19. The predicted octanol–water partition coefficient (Wildman–Crippen LogP) is -16.3. The molecule has 0 aromatic carbocycles. The Labute approximate surface area is 439 Å². The van der Waals surface area contributed by atoms with Crippen molar-refractivity contribution in [2.75, 3.05) is 46.2 Å². The van der Waals surface area contributed by atoms with E-state index in [0.29, 0.717) is 0 Å². The van der Waals surface area contributed by atoms with Crippen LogP contribution in [0.15, 0.2) is 0 Å². The first-order valence-electron chi connectivity index (χ1n) is 24.7. The number of ether oxygens (including phenoxy) is 13. The molecule has 0 unspecified atom stereocenters. The summed E-state index contributed by atoms with van der Waals surface area (Å²) in [5, 5.41) is 246. The van der Waals surface area contributed by atoms with Crippen LogP contribution in [0.5, 0.6) is 0 Å². The number of aliphatic hydroxyl groups is 23. The summed E-state index contributed by atoms with van der Waals surface area (Å²) in [5.41, 5.74) is 0. The van der Waals surface area contributed by atoms with Gasteiger partial charge in [-0.25, -0.2) is 0 Å². The molecule has 7 aliphatic rings. The van der Waals surface area contributed by atoms with Gasteiger partial charge in [0.15, 0.2) is 44.0 Å². The highest BCUT2D eigenvalue weighted by atomic mass is 16.8. The Bertz CT molecular complexity index is 1810. The topological polar surface area (TPSA) is 585 Å². The van der Waals surface area contributed by atoms with Crippen LogP contribution in [0.1, 0.15) is 0 Å². The number of hydrogen-bond donors (Lipinski definition) is 23. The third kappa shape index (κ3) is 12.9. The summed E-state index contributed by atoms with van der Waals surface area (Å²) < 4.78 is 74.1. The van der Waals surface area contributed by atoms with E-state index < -0.39 is 261 Å². The molecule has 0 aromatic rings. The normalized spacial score (nSPS) is 53.5. The second-order valence-corrected chi connectivity index (χ2v) is 19.6. The summed E-state index contributed by atoms with van der Waals surface area (Å²) in [7, 11) is 0. The van der Waals surface area contributed by atoms with Gasteiger partial charge in [0, 0.05) is 0 Å². The minimum Gasteiger partial charge on any atom is -0.394 e. The molecule has 0 bridgehead atoms. The van der Waals surface area contributed by atoms with E-state index in [1.807, 2.05) is 0 Å². The van der Waals surface area contributed by atoms with E-state index in [1.54, 1.807) is 0 Å². The summed E-state index contributed by atoms with van der Waals surface area (Å²) in [6.07, 6.45) is -72.5. The van der Waals surface area contributed by atoms with E-state index >= 15 is 0 Å². The summed E-state index contributed by atoms with van der Waals surface area (Å²) in [4.78, 5) is 0. The van der Waals surface area contributed by atoms with Crippen molar-refractivity contribution in [1.29, 1.82) is 0 Å². The van der Waals surface area contributed by atoms with Crippen LogP contribution in [0.25, 0.3) is 0 Å². The van der Waals surface area contributed by atoms with Gasteiger partial charge in [-0.05, 0) is 0 Å². The van der Waals surface area contributed by atoms with Gasteiger partial charge in [-0.1, -0.05) is 0 Å². The molecule has 23 N–H and O–H groups in total. The summed E-state index contributed by atoms with van der Waals surface area (Å²) in [5.74, 6) is 0. The molecular weight excluding hydrogens is 1080 g/mol. The lowest BCUT2D eigenvalue weighted by molar-refractivity contribution is -0.415. The fourth-order valence-corrected chi connectivity index (χ4v) is 9.95. The molecule has 0 amide bonds. The molecule has 36 heteroatoms. The molecule has 7 saturated heterocycles. The predicted molar refractivity (Wildman–Crippen MR) is 232 cm³/mol. The van der Waals surface area contributed by atoms with Crippen molar-refractivity contribution in [3.05, 3.63) is 0 Å². The van der Waals surface area contributed by atoms with Gasteiger partial charge in [-0.3, -0.25) is 0 Å². The summed E-state index contributed by atoms with van der Waals surface area (Å²) in [6.45, 7) is -7.34. The van der Waals surface area contributed by atoms with Gasteiger partial charge < -0.3 is 179 Å². The molecule has 35 atom stereocenters. The second kappa shape index (κ2) is 27.5. The van der Waals surface area contributed by atoms with E-state index in [0.717, 1.165) is 0 Å². The molecule has 0 aliphatic carbocycles. The Morgan fingerprint density at radius 1 is 0.192 bits per heavy atom. The van der Waals surface area contributed by atoms with Crippen LogP contribution >= 0.6 is 0 Å². The van der Waals surface area contributed by atoms with Crippen LogP contribution in [-0.2, 0) is 61.6 Å². The van der Waals surface area contributed by atoms with Crippen molar-refractivity contribution < 1.29 is 179 Å². The zero-order valence-corrected chi connectivity index (χ0v) is 40.8. The van der Waals surface area contributed by atoms with Gasteiger partial charge in [0.25, 0.3) is 0 Å².